The van der Waals surface area contributed by atoms with Crippen LogP contribution in [0.15, 0.2) is 42.7 Å². The van der Waals surface area contributed by atoms with Crippen LogP contribution in [0.4, 0.5) is 0 Å². The molecule has 5 nitrogen and oxygen atoms in total. The minimum absolute atomic E-state index is 0.325. The first-order chi connectivity index (χ1) is 9.66. The van der Waals surface area contributed by atoms with Crippen LogP contribution < -0.4 is 5.32 Å². The van der Waals surface area contributed by atoms with Crippen molar-refractivity contribution in [2.45, 2.75) is 32.5 Å². The maximum atomic E-state index is 11.3. The van der Waals surface area contributed by atoms with E-state index < -0.39 is 6.10 Å². The van der Waals surface area contributed by atoms with Crippen molar-refractivity contribution in [2.75, 3.05) is 0 Å². The van der Waals surface area contributed by atoms with E-state index >= 15 is 0 Å². The number of hydrogen-bond donors (Lipinski definition) is 2. The van der Waals surface area contributed by atoms with Crippen LogP contribution in [0.2, 0.25) is 0 Å². The fourth-order valence-corrected chi connectivity index (χ4v) is 1.92. The van der Waals surface area contributed by atoms with E-state index in [0.29, 0.717) is 6.54 Å². The maximum Gasteiger partial charge on any atom is 0.248 e. The summed E-state index contributed by atoms with van der Waals surface area (Å²) >= 11 is 0. The molecule has 1 heterocycles. The third-order valence-corrected chi connectivity index (χ3v) is 3.09. The quantitative estimate of drug-likeness (QED) is 0.829. The Kier molecular flexibility index (Phi) is 4.90. The second-order valence-corrected chi connectivity index (χ2v) is 4.67. The lowest BCUT2D eigenvalue weighted by Crippen LogP contribution is -2.32. The van der Waals surface area contributed by atoms with Gasteiger partial charge in [-0.1, -0.05) is 30.3 Å². The van der Waals surface area contributed by atoms with Gasteiger partial charge in [-0.15, -0.1) is 0 Å². The smallest absolute Gasteiger partial charge is 0.248 e. The van der Waals surface area contributed by atoms with Gasteiger partial charge in [-0.05, 0) is 18.9 Å². The predicted octanol–water partition coefficient (Wildman–Crippen LogP) is 1.12. The van der Waals surface area contributed by atoms with E-state index in [2.05, 4.69) is 22.4 Å². The number of hydrogen-bond acceptors (Lipinski definition) is 3. The van der Waals surface area contributed by atoms with Gasteiger partial charge in [0.2, 0.25) is 5.91 Å². The van der Waals surface area contributed by atoms with E-state index in [-0.39, 0.29) is 5.91 Å². The molecule has 1 unspecified atom stereocenters. The molecule has 2 aromatic rings. The van der Waals surface area contributed by atoms with Gasteiger partial charge in [0.25, 0.3) is 0 Å². The van der Waals surface area contributed by atoms with Crippen molar-refractivity contribution >= 4 is 5.91 Å². The number of imidazole rings is 1. The molecule has 0 saturated carbocycles. The number of aliphatic hydroxyl groups excluding tert-OH is 1. The SMILES string of the molecule is CC(O)C(=O)NCc1nccn1CCc1ccccc1. The van der Waals surface area contributed by atoms with Crippen LogP contribution >= 0.6 is 0 Å². The molecule has 0 fully saturated rings. The average Bonchev–Trinajstić information content (AvgIpc) is 2.91. The van der Waals surface area contributed by atoms with Gasteiger partial charge in [-0.25, -0.2) is 4.98 Å². The van der Waals surface area contributed by atoms with Crippen LogP contribution in [0.3, 0.4) is 0 Å². The van der Waals surface area contributed by atoms with Gasteiger partial charge in [-0.2, -0.15) is 0 Å². The first-order valence-corrected chi connectivity index (χ1v) is 6.66. The van der Waals surface area contributed by atoms with Crippen molar-refractivity contribution in [2.24, 2.45) is 0 Å². The fraction of sp³-hybridized carbons (Fsp3) is 0.333. The summed E-state index contributed by atoms with van der Waals surface area (Å²) < 4.78 is 2.01. The lowest BCUT2D eigenvalue weighted by atomic mass is 10.1. The Labute approximate surface area is 118 Å². The zero-order valence-corrected chi connectivity index (χ0v) is 11.5. The molecular weight excluding hydrogens is 254 g/mol. The van der Waals surface area contributed by atoms with Crippen LogP contribution in [0.25, 0.3) is 0 Å². The Morgan fingerprint density at radius 3 is 2.85 bits per heavy atom. The number of benzene rings is 1. The van der Waals surface area contributed by atoms with Crippen LogP contribution in [-0.4, -0.2) is 26.7 Å². The monoisotopic (exact) mass is 273 g/mol. The lowest BCUT2D eigenvalue weighted by Gasteiger charge is -2.10. The molecule has 106 valence electrons. The summed E-state index contributed by atoms with van der Waals surface area (Å²) in [7, 11) is 0. The average molecular weight is 273 g/mol. The van der Waals surface area contributed by atoms with E-state index in [1.165, 1.54) is 12.5 Å². The van der Waals surface area contributed by atoms with Gasteiger partial charge >= 0.3 is 0 Å². The zero-order chi connectivity index (χ0) is 14.4. The largest absolute Gasteiger partial charge is 0.384 e. The topological polar surface area (TPSA) is 67.2 Å². The van der Waals surface area contributed by atoms with Gasteiger partial charge in [0, 0.05) is 18.9 Å². The normalized spacial score (nSPS) is 12.1. The number of aromatic nitrogens is 2. The number of nitrogens with one attached hydrogen (secondary N) is 1. The fourth-order valence-electron chi connectivity index (χ4n) is 1.92. The van der Waals surface area contributed by atoms with Gasteiger partial charge in [0.1, 0.15) is 11.9 Å². The molecule has 0 bridgehead atoms. The third-order valence-electron chi connectivity index (χ3n) is 3.09. The molecule has 0 spiro atoms. The minimum atomic E-state index is -0.997. The second kappa shape index (κ2) is 6.86. The Balaban J connectivity index is 1.90. The maximum absolute atomic E-state index is 11.3. The van der Waals surface area contributed by atoms with E-state index in [9.17, 15) is 4.79 Å². The Morgan fingerprint density at radius 1 is 1.40 bits per heavy atom. The summed E-state index contributed by atoms with van der Waals surface area (Å²) in [4.78, 5) is 15.6. The van der Waals surface area contributed by atoms with Crippen molar-refractivity contribution in [3.8, 4) is 0 Å². The van der Waals surface area contributed by atoms with Crippen LogP contribution in [-0.2, 0) is 24.3 Å². The van der Waals surface area contributed by atoms with E-state index in [1.54, 1.807) is 6.20 Å². The summed E-state index contributed by atoms with van der Waals surface area (Å²) in [6.45, 7) is 2.58. The molecule has 1 amide bonds. The molecule has 1 aromatic heterocycles. The van der Waals surface area contributed by atoms with Crippen molar-refractivity contribution in [3.63, 3.8) is 0 Å². The molecule has 2 rings (SSSR count). The van der Waals surface area contributed by atoms with Crippen molar-refractivity contribution in [3.05, 3.63) is 54.1 Å². The van der Waals surface area contributed by atoms with Crippen molar-refractivity contribution in [1.29, 1.82) is 0 Å². The van der Waals surface area contributed by atoms with Crippen molar-refractivity contribution < 1.29 is 9.90 Å². The molecule has 1 atom stereocenters. The molecule has 0 saturated heterocycles. The van der Waals surface area contributed by atoms with E-state index in [0.717, 1.165) is 18.8 Å². The summed E-state index contributed by atoms with van der Waals surface area (Å²) in [5, 5.41) is 11.8. The van der Waals surface area contributed by atoms with Crippen LogP contribution in [0, 0.1) is 0 Å². The Morgan fingerprint density at radius 2 is 2.15 bits per heavy atom. The summed E-state index contributed by atoms with van der Waals surface area (Å²) in [6.07, 6.45) is 3.53. The summed E-state index contributed by atoms with van der Waals surface area (Å²) in [5.41, 5.74) is 1.26. The summed E-state index contributed by atoms with van der Waals surface area (Å²) in [5.74, 6) is 0.401. The Bertz CT molecular complexity index is 549. The molecule has 0 radical (unpaired) electrons. The third kappa shape index (κ3) is 3.93. The standard InChI is InChI=1S/C15H19N3O2/c1-12(19)15(20)17-11-14-16-8-10-18(14)9-7-13-5-3-2-4-6-13/h2-6,8,10,12,19H,7,9,11H2,1H3,(H,17,20). The molecule has 0 aliphatic rings. The highest BCUT2D eigenvalue weighted by Gasteiger charge is 2.09. The number of nitrogens with zero attached hydrogens (tertiary/aromatic N) is 2. The number of aryl methyl sites for hydroxylation is 2. The molecular formula is C15H19N3O2. The number of amides is 1. The number of aliphatic hydroxyl groups is 1. The number of carbonyl (C=O) groups excluding carboxylic acids is 1. The van der Waals surface area contributed by atoms with Gasteiger partial charge in [0.15, 0.2) is 0 Å². The lowest BCUT2D eigenvalue weighted by molar-refractivity contribution is -0.128. The van der Waals surface area contributed by atoms with Crippen molar-refractivity contribution in [1.82, 2.24) is 14.9 Å². The molecule has 1 aromatic carbocycles. The Hall–Kier alpha value is -2.14. The minimum Gasteiger partial charge on any atom is -0.384 e. The van der Waals surface area contributed by atoms with Crippen LogP contribution in [0.1, 0.15) is 18.3 Å². The van der Waals surface area contributed by atoms with E-state index in [1.807, 2.05) is 29.0 Å². The molecule has 0 aliphatic carbocycles. The molecule has 0 aliphatic heterocycles. The first-order valence-electron chi connectivity index (χ1n) is 6.66. The first kappa shape index (κ1) is 14.3. The van der Waals surface area contributed by atoms with Gasteiger partial charge < -0.3 is 15.0 Å². The van der Waals surface area contributed by atoms with Gasteiger partial charge in [0.05, 0.1) is 6.54 Å². The van der Waals surface area contributed by atoms with Crippen LogP contribution in [0.5, 0.6) is 0 Å². The number of carbonyl (C=O) groups is 1. The van der Waals surface area contributed by atoms with E-state index in [4.69, 9.17) is 5.11 Å². The number of rotatable bonds is 6. The predicted molar refractivity (Wildman–Crippen MR) is 75.9 cm³/mol. The highest BCUT2D eigenvalue weighted by Crippen LogP contribution is 2.04. The summed E-state index contributed by atoms with van der Waals surface area (Å²) in [6, 6.07) is 10.2. The second-order valence-electron chi connectivity index (χ2n) is 4.67. The highest BCUT2D eigenvalue weighted by molar-refractivity contribution is 5.79. The zero-order valence-electron chi connectivity index (χ0n) is 11.5. The molecule has 2 N–H and O–H groups in total. The molecule has 5 heteroatoms. The van der Waals surface area contributed by atoms with Gasteiger partial charge in [-0.3, -0.25) is 4.79 Å². The molecule has 20 heavy (non-hydrogen) atoms. The highest BCUT2D eigenvalue weighted by atomic mass is 16.3.